The molecule has 0 radical (unpaired) electrons. The Bertz CT molecular complexity index is 789. The summed E-state index contributed by atoms with van der Waals surface area (Å²) in [6, 6.07) is 8.86. The van der Waals surface area contributed by atoms with Crippen LogP contribution in [0.1, 0.15) is 46.1 Å². The second kappa shape index (κ2) is 4.95. The van der Waals surface area contributed by atoms with Crippen molar-refractivity contribution in [2.24, 2.45) is 5.41 Å². The molecule has 4 nitrogen and oxygen atoms in total. The molecule has 0 amide bonds. The highest BCUT2D eigenvalue weighted by Gasteiger charge is 2.59. The molecular weight excluding hydrogens is 296 g/mol. The molecule has 0 saturated heterocycles. The molecule has 3 atom stereocenters. The minimum absolute atomic E-state index is 0.103. The summed E-state index contributed by atoms with van der Waals surface area (Å²) >= 11 is 0. The minimum atomic E-state index is 0.103. The van der Waals surface area contributed by atoms with E-state index in [0.29, 0.717) is 0 Å². The lowest BCUT2D eigenvalue weighted by Gasteiger charge is -2.58. The van der Waals surface area contributed by atoms with Gasteiger partial charge in [-0.15, -0.1) is 0 Å². The highest BCUT2D eigenvalue weighted by atomic mass is 15.5. The Labute approximate surface area is 144 Å². The van der Waals surface area contributed by atoms with Gasteiger partial charge in [-0.1, -0.05) is 45.9 Å². The van der Waals surface area contributed by atoms with Crippen molar-refractivity contribution < 1.29 is 0 Å². The summed E-state index contributed by atoms with van der Waals surface area (Å²) in [6.45, 7) is 9.53. The van der Waals surface area contributed by atoms with Crippen molar-refractivity contribution >= 4 is 17.2 Å². The van der Waals surface area contributed by atoms with Crippen LogP contribution < -0.4 is 9.80 Å². The van der Waals surface area contributed by atoms with Gasteiger partial charge in [0.1, 0.15) is 18.2 Å². The first-order chi connectivity index (χ1) is 11.5. The largest absolute Gasteiger partial charge is 0.349 e. The van der Waals surface area contributed by atoms with Gasteiger partial charge in [0.25, 0.3) is 0 Å². The number of aromatic nitrogens is 2. The predicted molar refractivity (Wildman–Crippen MR) is 98.8 cm³/mol. The van der Waals surface area contributed by atoms with Gasteiger partial charge in [-0.2, -0.15) is 0 Å². The number of para-hydroxylation sites is 1. The molecule has 0 N–H and O–H groups in total. The highest BCUT2D eigenvalue weighted by Crippen LogP contribution is 2.62. The van der Waals surface area contributed by atoms with E-state index in [1.165, 1.54) is 11.3 Å². The molecule has 1 aromatic carbocycles. The Morgan fingerprint density at radius 3 is 2.54 bits per heavy atom. The molecular formula is C20H26N4. The molecule has 3 unspecified atom stereocenters. The molecule has 0 fully saturated rings. The van der Waals surface area contributed by atoms with Crippen LogP contribution >= 0.6 is 0 Å². The topological polar surface area (TPSA) is 32.3 Å². The van der Waals surface area contributed by atoms with E-state index in [2.05, 4.69) is 78.8 Å². The van der Waals surface area contributed by atoms with Crippen molar-refractivity contribution in [2.45, 2.75) is 52.1 Å². The molecule has 4 rings (SSSR count). The molecule has 2 aromatic rings. The van der Waals surface area contributed by atoms with E-state index in [9.17, 15) is 0 Å². The lowest BCUT2D eigenvalue weighted by molar-refractivity contribution is 0.0943. The van der Waals surface area contributed by atoms with Crippen LogP contribution in [0.5, 0.6) is 0 Å². The van der Waals surface area contributed by atoms with E-state index >= 15 is 0 Å². The maximum absolute atomic E-state index is 4.64. The first-order valence-corrected chi connectivity index (χ1v) is 8.91. The third kappa shape index (κ3) is 1.59. The van der Waals surface area contributed by atoms with Crippen LogP contribution in [-0.4, -0.2) is 23.2 Å². The molecule has 0 bridgehead atoms. The Morgan fingerprint density at radius 2 is 1.83 bits per heavy atom. The normalized spacial score (nSPS) is 30.8. The molecule has 2 aliphatic rings. The summed E-state index contributed by atoms with van der Waals surface area (Å²) < 4.78 is 0. The van der Waals surface area contributed by atoms with Crippen molar-refractivity contribution in [1.82, 2.24) is 9.97 Å². The van der Waals surface area contributed by atoms with Crippen LogP contribution in [0.25, 0.3) is 0 Å². The van der Waals surface area contributed by atoms with Crippen LogP contribution in [0.15, 0.2) is 36.8 Å². The zero-order chi connectivity index (χ0) is 17.1. The lowest BCUT2D eigenvalue weighted by atomic mass is 9.55. The summed E-state index contributed by atoms with van der Waals surface area (Å²) in [7, 11) is 2.19. The van der Waals surface area contributed by atoms with E-state index in [4.69, 9.17) is 0 Å². The molecule has 24 heavy (non-hydrogen) atoms. The molecule has 126 valence electrons. The van der Waals surface area contributed by atoms with E-state index in [1.807, 2.05) is 6.20 Å². The van der Waals surface area contributed by atoms with Gasteiger partial charge in [0.15, 0.2) is 5.82 Å². The standard InChI is InChI=1S/C20H26N4/c1-6-19(3)14-10-8-9-11-15(14)24-17-16(12-21-13-22-17)23(5)18(24)20(19,4)7-2/h8-13,18H,6-7H2,1-5H3. The molecule has 3 heterocycles. The van der Waals surface area contributed by atoms with E-state index in [0.717, 1.165) is 24.3 Å². The third-order valence-electron chi connectivity index (χ3n) is 6.92. The van der Waals surface area contributed by atoms with Crippen molar-refractivity contribution in [3.63, 3.8) is 0 Å². The summed E-state index contributed by atoms with van der Waals surface area (Å²) in [5.41, 5.74) is 4.07. The smallest absolute Gasteiger partial charge is 0.161 e. The maximum Gasteiger partial charge on any atom is 0.161 e. The van der Waals surface area contributed by atoms with Crippen molar-refractivity contribution in [3.05, 3.63) is 42.4 Å². The summed E-state index contributed by atoms with van der Waals surface area (Å²) in [4.78, 5) is 13.7. The van der Waals surface area contributed by atoms with Gasteiger partial charge in [0.05, 0.1) is 6.20 Å². The van der Waals surface area contributed by atoms with Crippen LogP contribution in [-0.2, 0) is 5.41 Å². The number of benzene rings is 1. The van der Waals surface area contributed by atoms with Crippen LogP contribution in [0.2, 0.25) is 0 Å². The van der Waals surface area contributed by atoms with Gasteiger partial charge in [0.2, 0.25) is 0 Å². The lowest BCUT2D eigenvalue weighted by Crippen LogP contribution is -2.62. The van der Waals surface area contributed by atoms with Gasteiger partial charge in [-0.3, -0.25) is 0 Å². The van der Waals surface area contributed by atoms with Gasteiger partial charge >= 0.3 is 0 Å². The molecule has 1 aromatic heterocycles. The first-order valence-electron chi connectivity index (χ1n) is 8.91. The minimum Gasteiger partial charge on any atom is -0.349 e. The SMILES string of the molecule is CCC1(C)c2ccccc2N2c3ncncc3N(C)C2C1(C)CC. The summed E-state index contributed by atoms with van der Waals surface area (Å²) in [5, 5.41) is 0. The highest BCUT2D eigenvalue weighted by molar-refractivity contribution is 5.83. The Kier molecular flexibility index (Phi) is 3.18. The van der Waals surface area contributed by atoms with E-state index in [1.54, 1.807) is 6.33 Å². The van der Waals surface area contributed by atoms with Crippen LogP contribution in [0.4, 0.5) is 17.2 Å². The van der Waals surface area contributed by atoms with Gasteiger partial charge in [-0.25, -0.2) is 9.97 Å². The second-order valence-corrected chi connectivity index (χ2v) is 7.56. The van der Waals surface area contributed by atoms with Crippen molar-refractivity contribution in [3.8, 4) is 0 Å². The molecule has 0 spiro atoms. The number of anilines is 3. The van der Waals surface area contributed by atoms with Gasteiger partial charge < -0.3 is 9.80 Å². The molecule has 2 aliphatic heterocycles. The Morgan fingerprint density at radius 1 is 1.08 bits per heavy atom. The fraction of sp³-hybridized carbons (Fsp3) is 0.500. The number of rotatable bonds is 2. The fourth-order valence-electron chi connectivity index (χ4n) is 5.04. The van der Waals surface area contributed by atoms with Gasteiger partial charge in [-0.05, 0) is 24.5 Å². The van der Waals surface area contributed by atoms with Gasteiger partial charge in [0, 0.05) is 23.6 Å². The predicted octanol–water partition coefficient (Wildman–Crippen LogP) is 4.49. The molecule has 0 saturated carbocycles. The average molecular weight is 322 g/mol. The quantitative estimate of drug-likeness (QED) is 0.815. The molecule has 4 heteroatoms. The summed E-state index contributed by atoms with van der Waals surface area (Å²) in [6.07, 6.45) is 6.10. The summed E-state index contributed by atoms with van der Waals surface area (Å²) in [5.74, 6) is 1.03. The number of hydrogen-bond acceptors (Lipinski definition) is 4. The number of hydrogen-bond donors (Lipinski definition) is 0. The molecule has 0 aliphatic carbocycles. The number of nitrogens with zero attached hydrogens (tertiary/aromatic N) is 4. The Hall–Kier alpha value is -2.10. The van der Waals surface area contributed by atoms with Crippen LogP contribution in [0, 0.1) is 5.41 Å². The van der Waals surface area contributed by atoms with Crippen LogP contribution in [0.3, 0.4) is 0 Å². The van der Waals surface area contributed by atoms with E-state index < -0.39 is 0 Å². The number of fused-ring (bicyclic) bond motifs is 5. The van der Waals surface area contributed by atoms with E-state index in [-0.39, 0.29) is 17.0 Å². The van der Waals surface area contributed by atoms with Crippen molar-refractivity contribution in [1.29, 1.82) is 0 Å². The zero-order valence-corrected chi connectivity index (χ0v) is 15.2. The Balaban J connectivity index is 2.06. The third-order valence-corrected chi connectivity index (χ3v) is 6.92. The fourth-order valence-corrected chi connectivity index (χ4v) is 5.04. The van der Waals surface area contributed by atoms with Crippen molar-refractivity contribution in [2.75, 3.05) is 16.8 Å². The second-order valence-electron chi connectivity index (χ2n) is 7.56. The monoisotopic (exact) mass is 322 g/mol. The maximum atomic E-state index is 4.64. The first kappa shape index (κ1) is 15.4. The average Bonchev–Trinajstić information content (AvgIpc) is 2.93. The zero-order valence-electron chi connectivity index (χ0n) is 15.2.